The molecule has 3 aromatic rings. The fourth-order valence-electron chi connectivity index (χ4n) is 2.33. The van der Waals surface area contributed by atoms with E-state index >= 15 is 0 Å². The number of hydrogen-bond acceptors (Lipinski definition) is 7. The first-order chi connectivity index (χ1) is 12.2. The van der Waals surface area contributed by atoms with Gasteiger partial charge in [0.15, 0.2) is 5.16 Å². The Bertz CT molecular complexity index is 849. The number of thioether (sulfide) groups is 1. The number of nitrogens with zero attached hydrogens (tertiary/aromatic N) is 4. The van der Waals surface area contributed by atoms with Crippen molar-refractivity contribution in [1.29, 1.82) is 0 Å². The number of nitro benzene ring substituents is 1. The van der Waals surface area contributed by atoms with E-state index in [1.807, 2.05) is 10.6 Å². The van der Waals surface area contributed by atoms with Crippen LogP contribution >= 0.6 is 23.1 Å². The Kier molecular flexibility index (Phi) is 5.67. The minimum absolute atomic E-state index is 0.0514. The number of non-ortho nitro benzene ring substituents is 1. The Morgan fingerprint density at radius 1 is 1.40 bits per heavy atom. The highest BCUT2D eigenvalue weighted by atomic mass is 32.2. The zero-order chi connectivity index (χ0) is 17.6. The Labute approximate surface area is 152 Å². The number of thiophene rings is 1. The van der Waals surface area contributed by atoms with Gasteiger partial charge in [-0.05, 0) is 23.9 Å². The predicted molar refractivity (Wildman–Crippen MR) is 97.3 cm³/mol. The topological polar surface area (TPSA) is 83.1 Å². The Morgan fingerprint density at radius 2 is 2.28 bits per heavy atom. The average Bonchev–Trinajstić information content (AvgIpc) is 3.29. The van der Waals surface area contributed by atoms with Crippen LogP contribution in [-0.2, 0) is 18.7 Å². The molecule has 0 bridgehead atoms. The first-order valence-corrected chi connectivity index (χ1v) is 9.38. The van der Waals surface area contributed by atoms with Gasteiger partial charge in [0.25, 0.3) is 5.69 Å². The largest absolute Gasteiger partial charge is 0.496 e. The maximum atomic E-state index is 11.0. The molecule has 0 aliphatic heterocycles. The number of hydrogen-bond donors (Lipinski definition) is 0. The number of methoxy groups -OCH3 is 1. The molecular formula is C16H16N4O3S2. The van der Waals surface area contributed by atoms with E-state index in [1.54, 1.807) is 30.8 Å². The lowest BCUT2D eigenvalue weighted by molar-refractivity contribution is -0.384. The molecule has 130 valence electrons. The van der Waals surface area contributed by atoms with Crippen molar-refractivity contribution in [2.45, 2.75) is 23.9 Å². The summed E-state index contributed by atoms with van der Waals surface area (Å²) in [6.45, 7) is 0.794. The third-order valence-electron chi connectivity index (χ3n) is 3.59. The summed E-state index contributed by atoms with van der Waals surface area (Å²) in [4.78, 5) is 11.9. The van der Waals surface area contributed by atoms with E-state index in [2.05, 4.69) is 21.6 Å². The van der Waals surface area contributed by atoms with E-state index in [9.17, 15) is 10.1 Å². The smallest absolute Gasteiger partial charge is 0.270 e. The Morgan fingerprint density at radius 3 is 3.00 bits per heavy atom. The molecule has 0 aliphatic rings. The molecule has 0 saturated carbocycles. The molecule has 0 amide bonds. The van der Waals surface area contributed by atoms with Gasteiger partial charge in [0.1, 0.15) is 12.1 Å². The molecular weight excluding hydrogens is 360 g/mol. The van der Waals surface area contributed by atoms with Gasteiger partial charge >= 0.3 is 0 Å². The molecule has 0 atom stereocenters. The van der Waals surface area contributed by atoms with Gasteiger partial charge in [-0.25, -0.2) is 0 Å². The summed E-state index contributed by atoms with van der Waals surface area (Å²) < 4.78 is 7.29. The fourth-order valence-corrected chi connectivity index (χ4v) is 3.95. The lowest BCUT2D eigenvalue weighted by atomic mass is 10.2. The van der Waals surface area contributed by atoms with Crippen LogP contribution in [0.1, 0.15) is 10.4 Å². The number of nitro groups is 1. The van der Waals surface area contributed by atoms with Crippen LogP contribution in [0.4, 0.5) is 5.69 Å². The first-order valence-electron chi connectivity index (χ1n) is 7.51. The second kappa shape index (κ2) is 8.13. The van der Waals surface area contributed by atoms with Crippen molar-refractivity contribution in [3.05, 3.63) is 62.6 Å². The summed E-state index contributed by atoms with van der Waals surface area (Å²) in [5, 5.41) is 21.9. The first kappa shape index (κ1) is 17.4. The van der Waals surface area contributed by atoms with Crippen LogP contribution in [0.25, 0.3) is 0 Å². The third-order valence-corrected chi connectivity index (χ3v) is 5.56. The third kappa shape index (κ3) is 4.37. The Balaban J connectivity index is 1.68. The van der Waals surface area contributed by atoms with Crippen LogP contribution in [0.2, 0.25) is 0 Å². The van der Waals surface area contributed by atoms with Crippen LogP contribution in [0, 0.1) is 10.1 Å². The maximum absolute atomic E-state index is 11.0. The van der Waals surface area contributed by atoms with E-state index in [1.165, 1.54) is 28.8 Å². The molecule has 0 N–H and O–H groups in total. The molecule has 3 rings (SSSR count). The quantitative estimate of drug-likeness (QED) is 0.338. The molecule has 0 unspecified atom stereocenters. The van der Waals surface area contributed by atoms with Crippen LogP contribution in [0.3, 0.4) is 0 Å². The summed E-state index contributed by atoms with van der Waals surface area (Å²) in [6, 6.07) is 8.75. The van der Waals surface area contributed by atoms with Gasteiger partial charge in [-0.1, -0.05) is 17.8 Å². The second-order valence-electron chi connectivity index (χ2n) is 5.18. The highest BCUT2D eigenvalue weighted by Gasteiger charge is 2.13. The molecule has 9 heteroatoms. The van der Waals surface area contributed by atoms with Crippen molar-refractivity contribution in [3.63, 3.8) is 0 Å². The summed E-state index contributed by atoms with van der Waals surface area (Å²) in [6.07, 6.45) is 2.63. The fraction of sp³-hybridized carbons (Fsp3) is 0.250. The van der Waals surface area contributed by atoms with Crippen LogP contribution in [0.5, 0.6) is 5.75 Å². The predicted octanol–water partition coefficient (Wildman–Crippen LogP) is 3.79. The van der Waals surface area contributed by atoms with Crippen LogP contribution in [-0.4, -0.2) is 26.8 Å². The van der Waals surface area contributed by atoms with Gasteiger partial charge in [0.2, 0.25) is 0 Å². The van der Waals surface area contributed by atoms with Gasteiger partial charge < -0.3 is 9.30 Å². The van der Waals surface area contributed by atoms with E-state index in [4.69, 9.17) is 4.74 Å². The zero-order valence-electron chi connectivity index (χ0n) is 13.5. The molecule has 0 radical (unpaired) electrons. The molecule has 0 fully saturated rings. The Hall–Kier alpha value is -2.39. The number of aryl methyl sites for hydroxylation is 2. The van der Waals surface area contributed by atoms with Crippen LogP contribution < -0.4 is 4.74 Å². The van der Waals surface area contributed by atoms with E-state index < -0.39 is 4.92 Å². The van der Waals surface area contributed by atoms with Gasteiger partial charge in [-0.2, -0.15) is 0 Å². The summed E-state index contributed by atoms with van der Waals surface area (Å²) in [5.41, 5.74) is 0.810. The normalized spacial score (nSPS) is 10.8. The van der Waals surface area contributed by atoms with E-state index in [0.29, 0.717) is 11.5 Å². The minimum atomic E-state index is -0.406. The van der Waals surface area contributed by atoms with Gasteiger partial charge in [-0.15, -0.1) is 21.5 Å². The van der Waals surface area contributed by atoms with Gasteiger partial charge in [0.05, 0.1) is 12.0 Å². The lowest BCUT2D eigenvalue weighted by Gasteiger charge is -2.09. The summed E-state index contributed by atoms with van der Waals surface area (Å²) in [7, 11) is 1.55. The number of rotatable bonds is 8. The SMILES string of the molecule is COc1ccc([N+](=O)[O-])cc1CSc1nncn1CCc1cccs1. The number of benzene rings is 1. The highest BCUT2D eigenvalue weighted by Crippen LogP contribution is 2.30. The molecule has 1 aromatic carbocycles. The minimum Gasteiger partial charge on any atom is -0.496 e. The lowest BCUT2D eigenvalue weighted by Crippen LogP contribution is -2.01. The molecule has 0 saturated heterocycles. The molecule has 2 heterocycles. The zero-order valence-corrected chi connectivity index (χ0v) is 15.1. The molecule has 7 nitrogen and oxygen atoms in total. The van der Waals surface area contributed by atoms with Crippen molar-refractivity contribution in [2.75, 3.05) is 7.11 Å². The number of ether oxygens (including phenoxy) is 1. The van der Waals surface area contributed by atoms with Crippen molar-refractivity contribution < 1.29 is 9.66 Å². The van der Waals surface area contributed by atoms with Crippen molar-refractivity contribution in [3.8, 4) is 5.75 Å². The second-order valence-corrected chi connectivity index (χ2v) is 7.15. The maximum Gasteiger partial charge on any atom is 0.270 e. The van der Waals surface area contributed by atoms with Crippen molar-refractivity contribution in [2.24, 2.45) is 0 Å². The van der Waals surface area contributed by atoms with Crippen molar-refractivity contribution >= 4 is 28.8 Å². The van der Waals surface area contributed by atoms with E-state index in [-0.39, 0.29) is 5.69 Å². The van der Waals surface area contributed by atoms with Crippen LogP contribution in [0.15, 0.2) is 47.2 Å². The molecule has 2 aromatic heterocycles. The van der Waals surface area contributed by atoms with E-state index in [0.717, 1.165) is 23.7 Å². The van der Waals surface area contributed by atoms with Gasteiger partial charge in [0, 0.05) is 34.9 Å². The number of aromatic nitrogens is 3. The van der Waals surface area contributed by atoms with Gasteiger partial charge in [-0.3, -0.25) is 10.1 Å². The summed E-state index contributed by atoms with van der Waals surface area (Å²) >= 11 is 3.21. The van der Waals surface area contributed by atoms with Crippen molar-refractivity contribution in [1.82, 2.24) is 14.8 Å². The monoisotopic (exact) mass is 376 g/mol. The molecule has 0 spiro atoms. The molecule has 25 heavy (non-hydrogen) atoms. The summed E-state index contributed by atoms with van der Waals surface area (Å²) in [5.74, 6) is 1.14. The average molecular weight is 376 g/mol. The standard InChI is InChI=1S/C16H16N4O3S2/c1-23-15-5-4-13(20(21)22)9-12(15)10-25-16-18-17-11-19(16)7-6-14-3-2-8-24-14/h2-5,8-9,11H,6-7,10H2,1H3. The highest BCUT2D eigenvalue weighted by molar-refractivity contribution is 7.98. The molecule has 0 aliphatic carbocycles.